The van der Waals surface area contributed by atoms with Gasteiger partial charge in [-0.3, -0.25) is 9.69 Å². The van der Waals surface area contributed by atoms with E-state index in [1.54, 1.807) is 31.1 Å². The molecule has 33 heavy (non-hydrogen) atoms. The Morgan fingerprint density at radius 2 is 1.73 bits per heavy atom. The number of likely N-dealkylation sites (tertiary alicyclic amines) is 1. The zero-order valence-electron chi connectivity index (χ0n) is 19.5. The standard InChI is InChI=1S/C25H34FN5O.HI/c1-30(2)24(32)18-28-25(27-15-12-20-8-10-22(26)11-9-20)29-23-13-16-31(17-14-23)19-21-6-4-3-5-7-21;/h3-11,23H,12-19H2,1-2H3,(H2,27,28,29);1H. The van der Waals surface area contributed by atoms with E-state index in [0.717, 1.165) is 44.5 Å². The Kier molecular flexibility index (Phi) is 11.6. The van der Waals surface area contributed by atoms with Crippen molar-refractivity contribution in [2.75, 3.05) is 40.3 Å². The first-order valence-electron chi connectivity index (χ1n) is 11.3. The van der Waals surface area contributed by atoms with Gasteiger partial charge in [0.2, 0.25) is 5.91 Å². The van der Waals surface area contributed by atoms with Gasteiger partial charge in [-0.2, -0.15) is 0 Å². The largest absolute Gasteiger partial charge is 0.356 e. The third-order valence-corrected chi connectivity index (χ3v) is 5.67. The van der Waals surface area contributed by atoms with E-state index in [1.807, 2.05) is 6.07 Å². The molecule has 1 fully saturated rings. The fourth-order valence-electron chi connectivity index (χ4n) is 3.69. The highest BCUT2D eigenvalue weighted by Gasteiger charge is 2.20. The monoisotopic (exact) mass is 567 g/mol. The molecule has 6 nitrogen and oxygen atoms in total. The Morgan fingerprint density at radius 3 is 2.36 bits per heavy atom. The normalized spacial score (nSPS) is 14.9. The number of carbonyl (C=O) groups is 1. The second kappa shape index (κ2) is 14.1. The van der Waals surface area contributed by atoms with Crippen LogP contribution in [0.1, 0.15) is 24.0 Å². The van der Waals surface area contributed by atoms with E-state index in [2.05, 4.69) is 44.8 Å². The highest BCUT2D eigenvalue weighted by Crippen LogP contribution is 2.14. The first-order chi connectivity index (χ1) is 15.5. The van der Waals surface area contributed by atoms with Crippen molar-refractivity contribution in [1.29, 1.82) is 0 Å². The van der Waals surface area contributed by atoms with E-state index in [0.29, 0.717) is 18.5 Å². The zero-order valence-corrected chi connectivity index (χ0v) is 21.8. The molecule has 0 radical (unpaired) electrons. The van der Waals surface area contributed by atoms with Gasteiger partial charge < -0.3 is 15.5 Å². The maximum Gasteiger partial charge on any atom is 0.243 e. The number of halogens is 2. The van der Waals surface area contributed by atoms with E-state index in [-0.39, 0.29) is 42.2 Å². The summed E-state index contributed by atoms with van der Waals surface area (Å²) in [6.07, 6.45) is 2.79. The number of nitrogens with one attached hydrogen (secondary N) is 2. The van der Waals surface area contributed by atoms with Gasteiger partial charge in [0.1, 0.15) is 12.4 Å². The maximum absolute atomic E-state index is 13.1. The van der Waals surface area contributed by atoms with Crippen LogP contribution in [0.3, 0.4) is 0 Å². The van der Waals surface area contributed by atoms with Crippen LogP contribution in [0.4, 0.5) is 4.39 Å². The van der Waals surface area contributed by atoms with Crippen molar-refractivity contribution >= 4 is 35.8 Å². The number of rotatable bonds is 8. The van der Waals surface area contributed by atoms with Crippen molar-refractivity contribution in [3.8, 4) is 0 Å². The van der Waals surface area contributed by atoms with Gasteiger partial charge in [-0.1, -0.05) is 42.5 Å². The smallest absolute Gasteiger partial charge is 0.243 e. The first kappa shape index (κ1) is 27.0. The summed E-state index contributed by atoms with van der Waals surface area (Å²) in [5.74, 6) is 0.387. The van der Waals surface area contributed by atoms with Crippen molar-refractivity contribution in [2.24, 2.45) is 4.99 Å². The molecule has 1 heterocycles. The molecule has 3 rings (SSSR count). The molecule has 2 aromatic carbocycles. The second-order valence-corrected chi connectivity index (χ2v) is 8.44. The van der Waals surface area contributed by atoms with Gasteiger partial charge in [-0.05, 0) is 42.5 Å². The molecule has 180 valence electrons. The second-order valence-electron chi connectivity index (χ2n) is 8.44. The number of benzene rings is 2. The molecule has 1 aliphatic rings. The zero-order chi connectivity index (χ0) is 22.8. The molecular weight excluding hydrogens is 532 g/mol. The summed E-state index contributed by atoms with van der Waals surface area (Å²) in [4.78, 5) is 20.5. The van der Waals surface area contributed by atoms with Crippen LogP contribution in [0.5, 0.6) is 0 Å². The van der Waals surface area contributed by atoms with Gasteiger partial charge in [0, 0.05) is 46.3 Å². The molecule has 2 aromatic rings. The van der Waals surface area contributed by atoms with E-state index in [9.17, 15) is 9.18 Å². The van der Waals surface area contributed by atoms with Crippen molar-refractivity contribution < 1.29 is 9.18 Å². The number of hydrogen-bond acceptors (Lipinski definition) is 3. The van der Waals surface area contributed by atoms with Crippen LogP contribution in [0.25, 0.3) is 0 Å². The van der Waals surface area contributed by atoms with Crippen molar-refractivity contribution in [3.63, 3.8) is 0 Å². The quantitative estimate of drug-likeness (QED) is 0.292. The van der Waals surface area contributed by atoms with E-state index < -0.39 is 0 Å². The number of likely N-dealkylation sites (N-methyl/N-ethyl adjacent to an activating group) is 1. The summed E-state index contributed by atoms with van der Waals surface area (Å²) < 4.78 is 13.1. The van der Waals surface area contributed by atoms with E-state index in [1.165, 1.54) is 17.7 Å². The topological polar surface area (TPSA) is 60.0 Å². The number of nitrogens with zero attached hydrogens (tertiary/aromatic N) is 3. The number of hydrogen-bond donors (Lipinski definition) is 2. The van der Waals surface area contributed by atoms with Crippen LogP contribution in [-0.4, -0.2) is 68.0 Å². The van der Waals surface area contributed by atoms with Gasteiger partial charge in [0.05, 0.1) is 0 Å². The van der Waals surface area contributed by atoms with Crippen molar-refractivity contribution in [2.45, 2.75) is 31.8 Å². The summed E-state index contributed by atoms with van der Waals surface area (Å²) in [5.41, 5.74) is 2.39. The average molecular weight is 567 g/mol. The minimum atomic E-state index is -0.230. The molecule has 0 spiro atoms. The maximum atomic E-state index is 13.1. The number of piperidine rings is 1. The first-order valence-corrected chi connectivity index (χ1v) is 11.3. The minimum Gasteiger partial charge on any atom is -0.356 e. The Labute approximate surface area is 213 Å². The molecule has 0 atom stereocenters. The molecule has 0 unspecified atom stereocenters. The lowest BCUT2D eigenvalue weighted by atomic mass is 10.0. The van der Waals surface area contributed by atoms with Gasteiger partial charge in [-0.15, -0.1) is 24.0 Å². The van der Waals surface area contributed by atoms with Crippen LogP contribution in [0.2, 0.25) is 0 Å². The molecule has 0 saturated carbocycles. The number of aliphatic imine (C=N–C) groups is 1. The van der Waals surface area contributed by atoms with Crippen molar-refractivity contribution in [3.05, 3.63) is 71.5 Å². The Balaban J connectivity index is 0.00000385. The Morgan fingerprint density at radius 1 is 1.06 bits per heavy atom. The Hall–Kier alpha value is -2.20. The minimum absolute atomic E-state index is 0. The van der Waals surface area contributed by atoms with Gasteiger partial charge in [0.25, 0.3) is 0 Å². The van der Waals surface area contributed by atoms with Crippen molar-refractivity contribution in [1.82, 2.24) is 20.4 Å². The third kappa shape index (κ3) is 9.67. The lowest BCUT2D eigenvalue weighted by molar-refractivity contribution is -0.127. The van der Waals surface area contributed by atoms with Crippen LogP contribution < -0.4 is 10.6 Å². The summed E-state index contributed by atoms with van der Waals surface area (Å²) in [6, 6.07) is 17.4. The molecule has 0 bridgehead atoms. The highest BCUT2D eigenvalue weighted by molar-refractivity contribution is 14.0. The predicted octanol–water partition coefficient (Wildman–Crippen LogP) is 3.27. The molecule has 2 N–H and O–H groups in total. The fourth-order valence-corrected chi connectivity index (χ4v) is 3.69. The van der Waals surface area contributed by atoms with Crippen LogP contribution in [-0.2, 0) is 17.8 Å². The Bertz CT molecular complexity index is 868. The van der Waals surface area contributed by atoms with Crippen LogP contribution >= 0.6 is 24.0 Å². The third-order valence-electron chi connectivity index (χ3n) is 5.67. The lowest BCUT2D eigenvalue weighted by Gasteiger charge is -2.33. The van der Waals surface area contributed by atoms with Gasteiger partial charge in [0.15, 0.2) is 5.96 Å². The molecule has 1 aliphatic heterocycles. The van der Waals surface area contributed by atoms with E-state index >= 15 is 0 Å². The average Bonchev–Trinajstić information content (AvgIpc) is 2.80. The number of amides is 1. The molecular formula is C25H35FIN5O. The summed E-state index contributed by atoms with van der Waals surface area (Å²) >= 11 is 0. The molecule has 0 aliphatic carbocycles. The lowest BCUT2D eigenvalue weighted by Crippen LogP contribution is -2.49. The fraction of sp³-hybridized carbons (Fsp3) is 0.440. The molecule has 8 heteroatoms. The van der Waals surface area contributed by atoms with Gasteiger partial charge in [-0.25, -0.2) is 9.38 Å². The van der Waals surface area contributed by atoms with Crippen LogP contribution in [0.15, 0.2) is 59.6 Å². The highest BCUT2D eigenvalue weighted by atomic mass is 127. The molecule has 0 aromatic heterocycles. The summed E-state index contributed by atoms with van der Waals surface area (Å²) in [6.45, 7) is 3.77. The molecule has 1 amide bonds. The number of guanidine groups is 1. The predicted molar refractivity (Wildman–Crippen MR) is 142 cm³/mol. The van der Waals surface area contributed by atoms with E-state index in [4.69, 9.17) is 0 Å². The van der Waals surface area contributed by atoms with Crippen LogP contribution in [0, 0.1) is 5.82 Å². The summed E-state index contributed by atoms with van der Waals surface area (Å²) in [7, 11) is 3.46. The molecule has 1 saturated heterocycles. The SMILES string of the molecule is CN(C)C(=O)CN=C(NCCc1ccc(F)cc1)NC1CCN(Cc2ccccc2)CC1.I. The summed E-state index contributed by atoms with van der Waals surface area (Å²) in [5, 5.41) is 6.85. The van der Waals surface area contributed by atoms with Gasteiger partial charge >= 0.3 is 0 Å². The number of carbonyl (C=O) groups excluding carboxylic acids is 1.